The van der Waals surface area contributed by atoms with E-state index in [4.69, 9.17) is 4.74 Å². The second-order valence-electron chi connectivity index (χ2n) is 5.53. The molecule has 1 aliphatic heterocycles. The second-order valence-corrected chi connectivity index (χ2v) is 7.47. The van der Waals surface area contributed by atoms with Crippen LogP contribution >= 0.6 is 27.7 Å². The Balaban J connectivity index is 1.84. The van der Waals surface area contributed by atoms with E-state index < -0.39 is 0 Å². The molecule has 0 spiro atoms. The zero-order valence-electron chi connectivity index (χ0n) is 14.2. The van der Waals surface area contributed by atoms with Crippen molar-refractivity contribution in [2.75, 3.05) is 7.11 Å². The Morgan fingerprint density at radius 3 is 2.88 bits per heavy atom. The Labute approximate surface area is 165 Å². The normalized spacial score (nSPS) is 16.8. The summed E-state index contributed by atoms with van der Waals surface area (Å²) >= 11 is 4.75. The number of carbonyl (C=O) groups excluding carboxylic acids is 1. The maximum absolute atomic E-state index is 12.2. The molecule has 1 amide bonds. The van der Waals surface area contributed by atoms with Gasteiger partial charge in [0.2, 0.25) is 0 Å². The van der Waals surface area contributed by atoms with E-state index in [-0.39, 0.29) is 5.91 Å². The number of allylic oxidation sites excluding steroid dienone is 1. The predicted octanol–water partition coefficient (Wildman–Crippen LogP) is 5.08. The summed E-state index contributed by atoms with van der Waals surface area (Å²) in [4.78, 5) is 17.3. The molecule has 6 heteroatoms. The molecule has 1 heterocycles. The lowest BCUT2D eigenvalue weighted by molar-refractivity contribution is -0.115. The van der Waals surface area contributed by atoms with Gasteiger partial charge in [-0.1, -0.05) is 34.1 Å². The number of hydrogen-bond acceptors (Lipinski definition) is 4. The molecule has 1 aliphatic rings. The van der Waals surface area contributed by atoms with Gasteiger partial charge in [-0.2, -0.15) is 0 Å². The number of amidine groups is 1. The van der Waals surface area contributed by atoms with Crippen molar-refractivity contribution in [3.05, 3.63) is 75.6 Å². The largest absolute Gasteiger partial charge is 0.496 e. The SMILES string of the molecule is C=CCc1cc(/C=C2\SC(=Nc3cccc(Br)c3)NC2=O)ccc1OC. The highest BCUT2D eigenvalue weighted by Crippen LogP contribution is 2.30. The topological polar surface area (TPSA) is 50.7 Å². The van der Waals surface area contributed by atoms with Crippen LogP contribution in [0, 0.1) is 0 Å². The lowest BCUT2D eigenvalue weighted by Crippen LogP contribution is -2.19. The lowest BCUT2D eigenvalue weighted by atomic mass is 10.1. The number of ether oxygens (including phenoxy) is 1. The average molecular weight is 429 g/mol. The summed E-state index contributed by atoms with van der Waals surface area (Å²) in [5, 5.41) is 3.37. The van der Waals surface area contributed by atoms with Crippen molar-refractivity contribution in [1.29, 1.82) is 0 Å². The van der Waals surface area contributed by atoms with Crippen molar-refractivity contribution in [2.45, 2.75) is 6.42 Å². The first-order valence-electron chi connectivity index (χ1n) is 7.92. The second kappa shape index (κ2) is 8.38. The molecule has 0 aliphatic carbocycles. The van der Waals surface area contributed by atoms with Gasteiger partial charge >= 0.3 is 0 Å². The van der Waals surface area contributed by atoms with Crippen LogP contribution in [0.2, 0.25) is 0 Å². The highest BCUT2D eigenvalue weighted by atomic mass is 79.9. The number of carbonyl (C=O) groups is 1. The van der Waals surface area contributed by atoms with Crippen molar-refractivity contribution in [1.82, 2.24) is 5.32 Å². The minimum atomic E-state index is -0.148. The van der Waals surface area contributed by atoms with E-state index in [1.165, 1.54) is 11.8 Å². The summed E-state index contributed by atoms with van der Waals surface area (Å²) in [7, 11) is 1.64. The summed E-state index contributed by atoms with van der Waals surface area (Å²) in [6, 6.07) is 13.4. The zero-order valence-corrected chi connectivity index (χ0v) is 16.6. The van der Waals surface area contributed by atoms with Gasteiger partial charge in [-0.05, 0) is 65.7 Å². The molecule has 3 rings (SSSR count). The third-order valence-corrected chi connectivity index (χ3v) is 5.06. The van der Waals surface area contributed by atoms with Gasteiger partial charge < -0.3 is 10.1 Å². The molecule has 1 fully saturated rings. The van der Waals surface area contributed by atoms with Crippen LogP contribution in [0.3, 0.4) is 0 Å². The summed E-state index contributed by atoms with van der Waals surface area (Å²) in [5.41, 5.74) is 2.74. The van der Waals surface area contributed by atoms with Gasteiger partial charge in [0.15, 0.2) is 5.17 Å². The molecule has 2 aromatic rings. The van der Waals surface area contributed by atoms with E-state index in [2.05, 4.69) is 32.8 Å². The summed E-state index contributed by atoms with van der Waals surface area (Å²) < 4.78 is 6.30. The Kier molecular flexibility index (Phi) is 5.96. The van der Waals surface area contributed by atoms with Crippen LogP contribution in [-0.4, -0.2) is 18.2 Å². The fourth-order valence-corrected chi connectivity index (χ4v) is 3.73. The predicted molar refractivity (Wildman–Crippen MR) is 112 cm³/mol. The first-order chi connectivity index (χ1) is 12.6. The van der Waals surface area contributed by atoms with E-state index >= 15 is 0 Å². The fourth-order valence-electron chi connectivity index (χ4n) is 2.50. The maximum Gasteiger partial charge on any atom is 0.264 e. The molecule has 0 atom stereocenters. The first kappa shape index (κ1) is 18.5. The molecular weight excluding hydrogens is 412 g/mol. The smallest absolute Gasteiger partial charge is 0.264 e. The van der Waals surface area contributed by atoms with E-state index in [9.17, 15) is 4.79 Å². The highest BCUT2D eigenvalue weighted by molar-refractivity contribution is 9.10. The van der Waals surface area contributed by atoms with E-state index in [0.29, 0.717) is 16.5 Å². The molecule has 1 saturated heterocycles. The van der Waals surface area contributed by atoms with Crippen LogP contribution in [0.25, 0.3) is 6.08 Å². The number of amides is 1. The van der Waals surface area contributed by atoms with Gasteiger partial charge in [-0.15, -0.1) is 6.58 Å². The van der Waals surface area contributed by atoms with Gasteiger partial charge in [0.25, 0.3) is 5.91 Å². The van der Waals surface area contributed by atoms with Gasteiger partial charge in [0.05, 0.1) is 17.7 Å². The number of methoxy groups -OCH3 is 1. The molecule has 132 valence electrons. The molecule has 0 saturated carbocycles. The monoisotopic (exact) mass is 428 g/mol. The lowest BCUT2D eigenvalue weighted by Gasteiger charge is -2.07. The summed E-state index contributed by atoms with van der Waals surface area (Å²) in [6.45, 7) is 3.77. The number of rotatable bonds is 5. The van der Waals surface area contributed by atoms with E-state index in [1.54, 1.807) is 7.11 Å². The number of nitrogens with zero attached hydrogens (tertiary/aromatic N) is 1. The minimum absolute atomic E-state index is 0.148. The van der Waals surface area contributed by atoms with Crippen LogP contribution in [0.1, 0.15) is 11.1 Å². The van der Waals surface area contributed by atoms with Gasteiger partial charge in [0.1, 0.15) is 5.75 Å². The van der Waals surface area contributed by atoms with Crippen molar-refractivity contribution in [3.63, 3.8) is 0 Å². The quantitative estimate of drug-likeness (QED) is 0.533. The highest BCUT2D eigenvalue weighted by Gasteiger charge is 2.23. The molecular formula is C20H17BrN2O2S. The Morgan fingerprint density at radius 2 is 2.15 bits per heavy atom. The average Bonchev–Trinajstić information content (AvgIpc) is 2.94. The number of halogens is 1. The summed E-state index contributed by atoms with van der Waals surface area (Å²) in [6.07, 6.45) is 4.39. The molecule has 2 aromatic carbocycles. The van der Waals surface area contributed by atoms with Crippen LogP contribution in [0.15, 0.2) is 69.5 Å². The first-order valence-corrected chi connectivity index (χ1v) is 9.53. The zero-order chi connectivity index (χ0) is 18.5. The van der Waals surface area contributed by atoms with Crippen LogP contribution in [-0.2, 0) is 11.2 Å². The van der Waals surface area contributed by atoms with Crippen molar-refractivity contribution < 1.29 is 9.53 Å². The molecule has 0 bridgehead atoms. The van der Waals surface area contributed by atoms with Gasteiger partial charge in [0, 0.05) is 4.47 Å². The molecule has 0 radical (unpaired) electrons. The third-order valence-electron chi connectivity index (χ3n) is 3.66. The van der Waals surface area contributed by atoms with Crippen molar-refractivity contribution >= 4 is 50.5 Å². The van der Waals surface area contributed by atoms with Crippen molar-refractivity contribution in [2.24, 2.45) is 4.99 Å². The standard InChI is InChI=1S/C20H17BrN2O2S/c1-3-5-14-10-13(8-9-17(14)25-2)11-18-19(24)23-20(26-18)22-16-7-4-6-15(21)12-16/h3-4,6-12H,1,5H2,2H3,(H,22,23,24)/b18-11-. The van der Waals surface area contributed by atoms with E-state index in [1.807, 2.05) is 54.6 Å². The van der Waals surface area contributed by atoms with Gasteiger partial charge in [-0.3, -0.25) is 4.79 Å². The molecule has 4 nitrogen and oxygen atoms in total. The Morgan fingerprint density at radius 1 is 1.31 bits per heavy atom. The van der Waals surface area contributed by atoms with E-state index in [0.717, 1.165) is 27.0 Å². The van der Waals surface area contributed by atoms with Crippen LogP contribution in [0.5, 0.6) is 5.75 Å². The fraction of sp³-hybridized carbons (Fsp3) is 0.100. The number of benzene rings is 2. The number of hydrogen-bond donors (Lipinski definition) is 1. The molecule has 26 heavy (non-hydrogen) atoms. The third kappa shape index (κ3) is 4.45. The molecule has 0 aromatic heterocycles. The minimum Gasteiger partial charge on any atom is -0.496 e. The maximum atomic E-state index is 12.2. The van der Waals surface area contributed by atoms with Gasteiger partial charge in [-0.25, -0.2) is 4.99 Å². The number of thioether (sulfide) groups is 1. The molecule has 0 unspecified atom stereocenters. The Hall–Kier alpha value is -2.31. The summed E-state index contributed by atoms with van der Waals surface area (Å²) in [5.74, 6) is 0.664. The number of nitrogens with one attached hydrogen (secondary N) is 1. The Bertz CT molecular complexity index is 922. The van der Waals surface area contributed by atoms with Crippen LogP contribution in [0.4, 0.5) is 5.69 Å². The van der Waals surface area contributed by atoms with Crippen LogP contribution < -0.4 is 10.1 Å². The number of aliphatic imine (C=N–C) groups is 1. The molecule has 1 N–H and O–H groups in total. The van der Waals surface area contributed by atoms with Crippen molar-refractivity contribution in [3.8, 4) is 5.75 Å².